The number of halogens is 4. The number of benzene rings is 1. The van der Waals surface area contributed by atoms with E-state index in [1.165, 1.54) is 13.0 Å². The quantitative estimate of drug-likeness (QED) is 0.651. The molecule has 0 heterocycles. The summed E-state index contributed by atoms with van der Waals surface area (Å²) in [5.74, 6) is -0.489. The highest BCUT2D eigenvalue weighted by Crippen LogP contribution is 2.27. The molecule has 0 aromatic heterocycles. The molecule has 0 bridgehead atoms. The van der Waals surface area contributed by atoms with E-state index in [-0.39, 0.29) is 18.8 Å². The van der Waals surface area contributed by atoms with Gasteiger partial charge in [0.15, 0.2) is 0 Å². The molecule has 1 N–H and O–H groups in total. The molecule has 0 aliphatic rings. The summed E-state index contributed by atoms with van der Waals surface area (Å²) in [5.41, 5.74) is 0.350. The predicted octanol–water partition coefficient (Wildman–Crippen LogP) is 3.60. The van der Waals surface area contributed by atoms with Crippen molar-refractivity contribution in [3.05, 3.63) is 29.6 Å². The van der Waals surface area contributed by atoms with E-state index in [1.807, 2.05) is 0 Å². The maximum absolute atomic E-state index is 13.0. The van der Waals surface area contributed by atoms with E-state index in [4.69, 9.17) is 4.74 Å². The second-order valence-electron chi connectivity index (χ2n) is 3.93. The molecule has 0 aliphatic carbocycles. The first-order chi connectivity index (χ1) is 8.29. The Bertz CT molecular complexity index is 388. The Balaban J connectivity index is 2.58. The lowest BCUT2D eigenvalue weighted by molar-refractivity contribution is -0.136. The molecule has 1 aromatic rings. The van der Waals surface area contributed by atoms with Crippen molar-refractivity contribution in [3.8, 4) is 5.75 Å². The van der Waals surface area contributed by atoms with Crippen LogP contribution >= 0.6 is 0 Å². The summed E-state index contributed by atoms with van der Waals surface area (Å²) >= 11 is 0. The highest BCUT2D eigenvalue weighted by molar-refractivity contribution is 5.35. The standard InChI is InChI=1S/C12H14F4O2/c1-8(17)10-4-3-9(13)7-11(10)18-6-2-5-12(14,15)16/h3-4,7-8,17H,2,5-6H2,1H3/t8-/m1/s1. The summed E-state index contributed by atoms with van der Waals surface area (Å²) in [6.07, 6.45) is -6.26. The number of hydrogen-bond acceptors (Lipinski definition) is 2. The van der Waals surface area contributed by atoms with Crippen LogP contribution in [0.25, 0.3) is 0 Å². The van der Waals surface area contributed by atoms with Gasteiger partial charge in [-0.25, -0.2) is 4.39 Å². The zero-order valence-electron chi connectivity index (χ0n) is 9.80. The second-order valence-corrected chi connectivity index (χ2v) is 3.93. The van der Waals surface area contributed by atoms with E-state index >= 15 is 0 Å². The van der Waals surface area contributed by atoms with Gasteiger partial charge in [-0.05, 0) is 25.5 Å². The maximum Gasteiger partial charge on any atom is 0.389 e. The molecule has 18 heavy (non-hydrogen) atoms. The van der Waals surface area contributed by atoms with Crippen molar-refractivity contribution in [1.82, 2.24) is 0 Å². The lowest BCUT2D eigenvalue weighted by Crippen LogP contribution is -2.10. The molecule has 0 unspecified atom stereocenters. The molecular formula is C12H14F4O2. The molecule has 0 radical (unpaired) electrons. The average Bonchev–Trinajstić information content (AvgIpc) is 2.22. The third-order valence-corrected chi connectivity index (χ3v) is 2.29. The fraction of sp³-hybridized carbons (Fsp3) is 0.500. The van der Waals surface area contributed by atoms with Crippen LogP contribution in [-0.2, 0) is 0 Å². The third-order valence-electron chi connectivity index (χ3n) is 2.29. The number of hydrogen-bond donors (Lipinski definition) is 1. The minimum atomic E-state index is -4.22. The molecule has 0 aliphatic heterocycles. The second kappa shape index (κ2) is 6.04. The monoisotopic (exact) mass is 266 g/mol. The third kappa shape index (κ3) is 4.91. The predicted molar refractivity (Wildman–Crippen MR) is 57.8 cm³/mol. The Morgan fingerprint density at radius 2 is 2.00 bits per heavy atom. The van der Waals surface area contributed by atoms with Gasteiger partial charge in [-0.15, -0.1) is 0 Å². The van der Waals surface area contributed by atoms with Crippen LogP contribution in [0.5, 0.6) is 5.75 Å². The molecular weight excluding hydrogens is 252 g/mol. The van der Waals surface area contributed by atoms with E-state index in [9.17, 15) is 22.7 Å². The zero-order valence-corrected chi connectivity index (χ0v) is 9.80. The number of aliphatic hydroxyl groups excluding tert-OH is 1. The Hall–Kier alpha value is -1.30. The van der Waals surface area contributed by atoms with Crippen molar-refractivity contribution >= 4 is 0 Å². The highest BCUT2D eigenvalue weighted by atomic mass is 19.4. The van der Waals surface area contributed by atoms with Crippen LogP contribution in [0.15, 0.2) is 18.2 Å². The molecule has 102 valence electrons. The summed E-state index contributed by atoms with van der Waals surface area (Å²) in [6.45, 7) is 1.29. The van der Waals surface area contributed by atoms with E-state index in [0.29, 0.717) is 5.56 Å². The minimum absolute atomic E-state index is 0.0761. The topological polar surface area (TPSA) is 29.5 Å². The van der Waals surface area contributed by atoms with Gasteiger partial charge in [-0.3, -0.25) is 0 Å². The Morgan fingerprint density at radius 3 is 2.56 bits per heavy atom. The van der Waals surface area contributed by atoms with Crippen LogP contribution < -0.4 is 4.74 Å². The zero-order chi connectivity index (χ0) is 13.8. The molecule has 1 atom stereocenters. The van der Waals surface area contributed by atoms with E-state index in [0.717, 1.165) is 12.1 Å². The van der Waals surface area contributed by atoms with Gasteiger partial charge in [0.25, 0.3) is 0 Å². The molecule has 0 amide bonds. The highest BCUT2D eigenvalue weighted by Gasteiger charge is 2.26. The van der Waals surface area contributed by atoms with Gasteiger partial charge in [0.1, 0.15) is 11.6 Å². The van der Waals surface area contributed by atoms with Crippen LogP contribution in [0.3, 0.4) is 0 Å². The molecule has 0 saturated carbocycles. The van der Waals surface area contributed by atoms with Gasteiger partial charge in [0.05, 0.1) is 12.7 Å². The molecule has 0 spiro atoms. The van der Waals surface area contributed by atoms with Gasteiger partial charge < -0.3 is 9.84 Å². The largest absolute Gasteiger partial charge is 0.493 e. The Morgan fingerprint density at radius 1 is 1.33 bits per heavy atom. The van der Waals surface area contributed by atoms with Crippen molar-refractivity contribution in [3.63, 3.8) is 0 Å². The fourth-order valence-corrected chi connectivity index (χ4v) is 1.43. The van der Waals surface area contributed by atoms with Crippen molar-refractivity contribution in [2.24, 2.45) is 0 Å². The van der Waals surface area contributed by atoms with E-state index in [1.54, 1.807) is 0 Å². The van der Waals surface area contributed by atoms with Crippen molar-refractivity contribution < 1.29 is 27.4 Å². The van der Waals surface area contributed by atoms with Crippen molar-refractivity contribution in [1.29, 1.82) is 0 Å². The van der Waals surface area contributed by atoms with Gasteiger partial charge >= 0.3 is 6.18 Å². The summed E-state index contributed by atoms with van der Waals surface area (Å²) in [5, 5.41) is 9.40. The van der Waals surface area contributed by atoms with Gasteiger partial charge in [-0.1, -0.05) is 0 Å². The average molecular weight is 266 g/mol. The summed E-state index contributed by atoms with van der Waals surface area (Å²) < 4.78 is 53.7. The lowest BCUT2D eigenvalue weighted by atomic mass is 10.1. The number of alkyl halides is 3. The van der Waals surface area contributed by atoms with Crippen LogP contribution in [-0.4, -0.2) is 17.9 Å². The van der Waals surface area contributed by atoms with Crippen molar-refractivity contribution in [2.75, 3.05) is 6.61 Å². The number of ether oxygens (including phenoxy) is 1. The Labute approximate surface area is 102 Å². The first kappa shape index (κ1) is 14.8. The molecule has 0 fully saturated rings. The summed E-state index contributed by atoms with van der Waals surface area (Å²) in [7, 11) is 0. The molecule has 1 rings (SSSR count). The van der Waals surface area contributed by atoms with Crippen LogP contribution in [0, 0.1) is 5.82 Å². The first-order valence-electron chi connectivity index (χ1n) is 5.46. The normalized spacial score (nSPS) is 13.4. The number of rotatable bonds is 5. The minimum Gasteiger partial charge on any atom is -0.493 e. The van der Waals surface area contributed by atoms with Gasteiger partial charge in [0, 0.05) is 18.1 Å². The van der Waals surface area contributed by atoms with Gasteiger partial charge in [-0.2, -0.15) is 13.2 Å². The smallest absolute Gasteiger partial charge is 0.389 e. The molecule has 0 saturated heterocycles. The first-order valence-corrected chi connectivity index (χ1v) is 5.46. The van der Waals surface area contributed by atoms with Crippen molar-refractivity contribution in [2.45, 2.75) is 32.0 Å². The summed E-state index contributed by atoms with van der Waals surface area (Å²) in [4.78, 5) is 0. The molecule has 1 aromatic carbocycles. The number of aliphatic hydroxyl groups is 1. The molecule has 6 heteroatoms. The Kier molecular flexibility index (Phi) is 4.95. The van der Waals surface area contributed by atoms with Gasteiger partial charge in [0.2, 0.25) is 0 Å². The lowest BCUT2D eigenvalue weighted by Gasteiger charge is -2.14. The van der Waals surface area contributed by atoms with Crippen LogP contribution in [0.2, 0.25) is 0 Å². The van der Waals surface area contributed by atoms with Crippen LogP contribution in [0.4, 0.5) is 17.6 Å². The maximum atomic E-state index is 13.0. The van der Waals surface area contributed by atoms with Crippen LogP contribution in [0.1, 0.15) is 31.4 Å². The SMILES string of the molecule is C[C@@H](O)c1ccc(F)cc1OCCCC(F)(F)F. The summed E-state index contributed by atoms with van der Waals surface area (Å²) in [6, 6.07) is 3.55. The van der Waals surface area contributed by atoms with E-state index in [2.05, 4.69) is 0 Å². The van der Waals surface area contributed by atoms with E-state index < -0.39 is 24.5 Å². The fourth-order valence-electron chi connectivity index (χ4n) is 1.43. The molecule has 2 nitrogen and oxygen atoms in total.